The van der Waals surface area contributed by atoms with Gasteiger partial charge in [0.05, 0.1) is 17.3 Å². The number of hydrogen-bond acceptors (Lipinski definition) is 4. The van der Waals surface area contributed by atoms with Crippen LogP contribution in [-0.2, 0) is 4.79 Å². The zero-order valence-corrected chi connectivity index (χ0v) is 18.4. The van der Waals surface area contributed by atoms with Gasteiger partial charge in [0, 0.05) is 11.7 Å². The van der Waals surface area contributed by atoms with Gasteiger partial charge in [0.2, 0.25) is 5.91 Å². The minimum absolute atomic E-state index is 0.0000457. The summed E-state index contributed by atoms with van der Waals surface area (Å²) in [5.74, 6) is 0.118. The quantitative estimate of drug-likeness (QED) is 0.448. The first kappa shape index (κ1) is 21.2. The lowest BCUT2D eigenvalue weighted by Gasteiger charge is -2.18. The Hall–Kier alpha value is -2.54. The Kier molecular flexibility index (Phi) is 6.47. The zero-order valence-electron chi connectivity index (χ0n) is 17.6. The Morgan fingerprint density at radius 3 is 2.59 bits per heavy atom. The van der Waals surface area contributed by atoms with Gasteiger partial charge in [-0.15, -0.1) is 0 Å². The van der Waals surface area contributed by atoms with Crippen molar-refractivity contribution >= 4 is 28.7 Å². The standard InChI is InChI=1S/C22H28N4O2S/c1-6-15(4)26-21(28)20-18(11-14(3)23-20)25-22(26)29-12-19(27)24-16(5)17-9-7-13(2)8-10-17/h7-11,15-16,23H,6,12H2,1-5H3,(H,24,27). The third kappa shape index (κ3) is 4.72. The van der Waals surface area contributed by atoms with Crippen LogP contribution in [0.15, 0.2) is 40.3 Å². The van der Waals surface area contributed by atoms with Crippen LogP contribution in [0.3, 0.4) is 0 Å². The number of nitrogens with zero attached hydrogens (tertiary/aromatic N) is 2. The van der Waals surface area contributed by atoms with Gasteiger partial charge in [-0.2, -0.15) is 0 Å². The molecule has 1 amide bonds. The molecule has 3 rings (SSSR count). The molecule has 0 saturated carbocycles. The van der Waals surface area contributed by atoms with E-state index in [4.69, 9.17) is 0 Å². The van der Waals surface area contributed by atoms with Crippen LogP contribution in [0, 0.1) is 13.8 Å². The molecule has 7 heteroatoms. The van der Waals surface area contributed by atoms with Crippen molar-refractivity contribution in [1.82, 2.24) is 19.9 Å². The fourth-order valence-corrected chi connectivity index (χ4v) is 4.12. The zero-order chi connectivity index (χ0) is 21.1. The molecule has 2 aromatic heterocycles. The van der Waals surface area contributed by atoms with Crippen LogP contribution in [-0.4, -0.2) is 26.2 Å². The molecule has 2 unspecified atom stereocenters. The minimum atomic E-state index is -0.0895. The van der Waals surface area contributed by atoms with Crippen molar-refractivity contribution in [2.75, 3.05) is 5.75 Å². The van der Waals surface area contributed by atoms with E-state index in [1.54, 1.807) is 4.57 Å². The summed E-state index contributed by atoms with van der Waals surface area (Å²) in [6, 6.07) is 9.91. The lowest BCUT2D eigenvalue weighted by atomic mass is 10.1. The first-order valence-corrected chi connectivity index (χ1v) is 10.9. The van der Waals surface area contributed by atoms with Crippen molar-refractivity contribution in [2.24, 2.45) is 0 Å². The van der Waals surface area contributed by atoms with Crippen molar-refractivity contribution in [3.05, 3.63) is 57.5 Å². The second-order valence-electron chi connectivity index (χ2n) is 7.53. The maximum absolute atomic E-state index is 13.0. The summed E-state index contributed by atoms with van der Waals surface area (Å²) in [5.41, 5.74) is 4.22. The second kappa shape index (κ2) is 8.86. The van der Waals surface area contributed by atoms with Crippen LogP contribution < -0.4 is 10.9 Å². The first-order chi connectivity index (χ1) is 13.8. The van der Waals surface area contributed by atoms with E-state index in [0.29, 0.717) is 16.2 Å². The fourth-order valence-electron chi connectivity index (χ4n) is 3.21. The Balaban J connectivity index is 1.77. The summed E-state index contributed by atoms with van der Waals surface area (Å²) in [5, 5.41) is 3.60. The van der Waals surface area contributed by atoms with Crippen molar-refractivity contribution in [2.45, 2.75) is 58.3 Å². The molecule has 0 bridgehead atoms. The number of H-pyrrole nitrogens is 1. The molecule has 2 N–H and O–H groups in total. The van der Waals surface area contributed by atoms with Crippen molar-refractivity contribution in [1.29, 1.82) is 0 Å². The largest absolute Gasteiger partial charge is 0.353 e. The van der Waals surface area contributed by atoms with Crippen molar-refractivity contribution in [3.8, 4) is 0 Å². The topological polar surface area (TPSA) is 79.8 Å². The number of hydrogen-bond donors (Lipinski definition) is 2. The number of carbonyl (C=O) groups excluding carboxylic acids is 1. The summed E-state index contributed by atoms with van der Waals surface area (Å²) in [7, 11) is 0. The molecule has 1 aromatic carbocycles. The molecule has 0 saturated heterocycles. The molecule has 0 aliphatic carbocycles. The number of aryl methyl sites for hydroxylation is 2. The monoisotopic (exact) mass is 412 g/mol. The van der Waals surface area contributed by atoms with Gasteiger partial charge in [-0.05, 0) is 45.7 Å². The number of rotatable bonds is 7. The molecule has 0 radical (unpaired) electrons. The van der Waals surface area contributed by atoms with Gasteiger partial charge in [0.15, 0.2) is 5.16 Å². The van der Waals surface area contributed by atoms with E-state index >= 15 is 0 Å². The Morgan fingerprint density at radius 2 is 1.93 bits per heavy atom. The lowest BCUT2D eigenvalue weighted by Crippen LogP contribution is -2.29. The predicted octanol–water partition coefficient (Wildman–Crippen LogP) is 4.28. The summed E-state index contributed by atoms with van der Waals surface area (Å²) in [6.07, 6.45) is 0.803. The maximum atomic E-state index is 13.0. The summed E-state index contributed by atoms with van der Waals surface area (Å²) < 4.78 is 1.69. The number of benzene rings is 1. The molecule has 0 aliphatic rings. The van der Waals surface area contributed by atoms with Crippen LogP contribution in [0.1, 0.15) is 56.1 Å². The van der Waals surface area contributed by atoms with Gasteiger partial charge < -0.3 is 10.3 Å². The molecule has 0 aliphatic heterocycles. The molecular formula is C22H28N4O2S. The molecule has 0 spiro atoms. The number of nitrogens with one attached hydrogen (secondary N) is 2. The van der Waals surface area contributed by atoms with Crippen molar-refractivity contribution < 1.29 is 4.79 Å². The van der Waals surface area contributed by atoms with Crippen LogP contribution in [0.5, 0.6) is 0 Å². The molecule has 0 fully saturated rings. The van der Waals surface area contributed by atoms with Gasteiger partial charge in [0.1, 0.15) is 5.52 Å². The molecule has 6 nitrogen and oxygen atoms in total. The average molecular weight is 413 g/mol. The van der Waals surface area contributed by atoms with E-state index < -0.39 is 0 Å². The van der Waals surface area contributed by atoms with Crippen LogP contribution >= 0.6 is 11.8 Å². The molecule has 2 heterocycles. The van der Waals surface area contributed by atoms with E-state index in [2.05, 4.69) is 15.3 Å². The van der Waals surface area contributed by atoms with Gasteiger partial charge in [-0.1, -0.05) is 48.5 Å². The predicted molar refractivity (Wildman–Crippen MR) is 119 cm³/mol. The SMILES string of the molecule is CCC(C)n1c(SCC(=O)NC(C)c2ccc(C)cc2)nc2cc(C)[nH]c2c1=O. The normalized spacial score (nSPS) is 13.4. The summed E-state index contributed by atoms with van der Waals surface area (Å²) >= 11 is 1.30. The third-order valence-corrected chi connectivity index (χ3v) is 6.06. The van der Waals surface area contributed by atoms with E-state index in [1.807, 2.05) is 65.0 Å². The highest BCUT2D eigenvalue weighted by Gasteiger charge is 2.18. The van der Waals surface area contributed by atoms with Gasteiger partial charge in [0.25, 0.3) is 5.56 Å². The first-order valence-electron chi connectivity index (χ1n) is 9.90. The van der Waals surface area contributed by atoms with Gasteiger partial charge in [-0.25, -0.2) is 4.98 Å². The lowest BCUT2D eigenvalue weighted by molar-refractivity contribution is -0.119. The highest BCUT2D eigenvalue weighted by Crippen LogP contribution is 2.23. The van der Waals surface area contributed by atoms with Gasteiger partial charge >= 0.3 is 0 Å². The molecule has 29 heavy (non-hydrogen) atoms. The number of aromatic nitrogens is 3. The molecule has 3 aromatic rings. The van der Waals surface area contributed by atoms with E-state index in [0.717, 1.165) is 17.7 Å². The van der Waals surface area contributed by atoms with E-state index in [-0.39, 0.29) is 29.3 Å². The minimum Gasteiger partial charge on any atom is -0.353 e. The number of thioether (sulfide) groups is 1. The maximum Gasteiger partial charge on any atom is 0.278 e. The number of aromatic amines is 1. The van der Waals surface area contributed by atoms with Crippen LogP contribution in [0.25, 0.3) is 11.0 Å². The molecule has 2 atom stereocenters. The summed E-state index contributed by atoms with van der Waals surface area (Å²) in [4.78, 5) is 33.3. The second-order valence-corrected chi connectivity index (χ2v) is 8.47. The Labute approximate surface area is 175 Å². The Bertz CT molecular complexity index is 1070. The fraction of sp³-hybridized carbons (Fsp3) is 0.409. The number of fused-ring (bicyclic) bond motifs is 1. The molecular weight excluding hydrogens is 384 g/mol. The van der Waals surface area contributed by atoms with Crippen molar-refractivity contribution in [3.63, 3.8) is 0 Å². The van der Waals surface area contributed by atoms with E-state index in [9.17, 15) is 9.59 Å². The summed E-state index contributed by atoms with van der Waals surface area (Å²) in [6.45, 7) is 9.94. The Morgan fingerprint density at radius 1 is 1.24 bits per heavy atom. The van der Waals surface area contributed by atoms with Gasteiger partial charge in [-0.3, -0.25) is 14.2 Å². The van der Waals surface area contributed by atoms with Crippen LogP contribution in [0.4, 0.5) is 0 Å². The van der Waals surface area contributed by atoms with E-state index in [1.165, 1.54) is 17.3 Å². The smallest absolute Gasteiger partial charge is 0.278 e. The number of carbonyl (C=O) groups is 1. The molecule has 154 valence electrons. The third-order valence-electron chi connectivity index (χ3n) is 5.11. The number of amides is 1. The van der Waals surface area contributed by atoms with Crippen LogP contribution in [0.2, 0.25) is 0 Å². The highest BCUT2D eigenvalue weighted by molar-refractivity contribution is 7.99. The average Bonchev–Trinajstić information content (AvgIpc) is 3.07. The highest BCUT2D eigenvalue weighted by atomic mass is 32.2.